The molecule has 0 fully saturated rings. The number of hydrogen-bond acceptors (Lipinski definition) is 2. The highest BCUT2D eigenvalue weighted by molar-refractivity contribution is 6.06. The molecule has 0 saturated carbocycles. The van der Waals surface area contributed by atoms with Gasteiger partial charge in [0, 0.05) is 18.2 Å². The molecule has 1 aromatic heterocycles. The zero-order valence-corrected chi connectivity index (χ0v) is 11.2. The van der Waals surface area contributed by atoms with Gasteiger partial charge in [0.05, 0.1) is 6.20 Å². The average molecular weight is 265 g/mol. The summed E-state index contributed by atoms with van der Waals surface area (Å²) in [5.74, 6) is 0.594. The molecule has 3 rings (SSSR count). The Morgan fingerprint density at radius 2 is 1.95 bits per heavy atom. The van der Waals surface area contributed by atoms with E-state index in [0.29, 0.717) is 11.4 Å². The molecule has 2 aromatic carbocycles. The van der Waals surface area contributed by atoms with Gasteiger partial charge in [0.25, 0.3) is 5.91 Å². The van der Waals surface area contributed by atoms with Crippen LogP contribution in [0.2, 0.25) is 0 Å². The summed E-state index contributed by atoms with van der Waals surface area (Å²) in [4.78, 5) is 12.3. The Morgan fingerprint density at radius 3 is 2.75 bits per heavy atom. The van der Waals surface area contributed by atoms with Crippen molar-refractivity contribution in [3.05, 3.63) is 60.3 Å². The number of anilines is 1. The van der Waals surface area contributed by atoms with Gasteiger partial charge < -0.3 is 5.32 Å². The molecular weight excluding hydrogens is 250 g/mol. The van der Waals surface area contributed by atoms with Crippen molar-refractivity contribution < 1.29 is 4.79 Å². The first-order valence-electron chi connectivity index (χ1n) is 6.60. The molecule has 3 aromatic rings. The van der Waals surface area contributed by atoms with Crippen LogP contribution in [-0.4, -0.2) is 15.7 Å². The van der Waals surface area contributed by atoms with Crippen LogP contribution in [0.5, 0.6) is 0 Å². The first kappa shape index (κ1) is 12.4. The van der Waals surface area contributed by atoms with Gasteiger partial charge in [0.1, 0.15) is 5.82 Å². The number of nitrogens with zero attached hydrogens (tertiary/aromatic N) is 2. The first-order chi connectivity index (χ1) is 9.78. The van der Waals surface area contributed by atoms with Crippen LogP contribution in [0.4, 0.5) is 5.82 Å². The number of carbonyl (C=O) groups is 1. The molecule has 0 aliphatic carbocycles. The van der Waals surface area contributed by atoms with E-state index in [9.17, 15) is 4.79 Å². The Bertz CT molecular complexity index is 761. The quantitative estimate of drug-likeness (QED) is 0.789. The fourth-order valence-electron chi connectivity index (χ4n) is 2.21. The van der Waals surface area contributed by atoms with Gasteiger partial charge in [-0.05, 0) is 29.8 Å². The summed E-state index contributed by atoms with van der Waals surface area (Å²) in [6, 6.07) is 15.5. The summed E-state index contributed by atoms with van der Waals surface area (Å²) < 4.78 is 1.75. The lowest BCUT2D eigenvalue weighted by atomic mass is 10.1. The van der Waals surface area contributed by atoms with Gasteiger partial charge in [0.15, 0.2) is 0 Å². The molecule has 1 heterocycles. The van der Waals surface area contributed by atoms with Gasteiger partial charge in [-0.15, -0.1) is 0 Å². The number of hydrogen-bond donors (Lipinski definition) is 1. The maximum Gasteiger partial charge on any atom is 0.256 e. The van der Waals surface area contributed by atoms with Crippen molar-refractivity contribution in [2.24, 2.45) is 0 Å². The van der Waals surface area contributed by atoms with Crippen molar-refractivity contribution in [2.45, 2.75) is 13.5 Å². The summed E-state index contributed by atoms with van der Waals surface area (Å²) in [5, 5.41) is 9.20. The third kappa shape index (κ3) is 2.28. The van der Waals surface area contributed by atoms with Crippen molar-refractivity contribution in [3.8, 4) is 0 Å². The number of amides is 1. The molecule has 4 nitrogen and oxygen atoms in total. The molecule has 1 amide bonds. The molecule has 4 heteroatoms. The van der Waals surface area contributed by atoms with E-state index in [1.54, 1.807) is 16.9 Å². The second-order valence-corrected chi connectivity index (χ2v) is 4.55. The molecule has 0 bridgehead atoms. The Labute approximate surface area is 117 Å². The van der Waals surface area contributed by atoms with Gasteiger partial charge in [-0.25, -0.2) is 4.68 Å². The number of fused-ring (bicyclic) bond motifs is 1. The van der Waals surface area contributed by atoms with Gasteiger partial charge in [-0.2, -0.15) is 5.10 Å². The molecular formula is C16H15N3O. The fourth-order valence-corrected chi connectivity index (χ4v) is 2.21. The topological polar surface area (TPSA) is 46.9 Å². The number of rotatable bonds is 3. The molecule has 0 radical (unpaired) electrons. The molecule has 20 heavy (non-hydrogen) atoms. The van der Waals surface area contributed by atoms with Gasteiger partial charge >= 0.3 is 0 Å². The third-order valence-electron chi connectivity index (χ3n) is 3.27. The highest BCUT2D eigenvalue weighted by Crippen LogP contribution is 2.17. The second-order valence-electron chi connectivity index (χ2n) is 4.55. The average Bonchev–Trinajstić information content (AvgIpc) is 2.94. The molecule has 0 atom stereocenters. The lowest BCUT2D eigenvalue weighted by molar-refractivity contribution is 0.102. The highest BCUT2D eigenvalue weighted by Gasteiger charge is 2.09. The van der Waals surface area contributed by atoms with E-state index in [1.807, 2.05) is 49.4 Å². The predicted molar refractivity (Wildman–Crippen MR) is 79.8 cm³/mol. The van der Waals surface area contributed by atoms with Crippen molar-refractivity contribution in [3.63, 3.8) is 0 Å². The Hall–Kier alpha value is -2.62. The molecule has 0 unspecified atom stereocenters. The highest BCUT2D eigenvalue weighted by atomic mass is 16.1. The zero-order chi connectivity index (χ0) is 13.9. The van der Waals surface area contributed by atoms with Gasteiger partial charge in [-0.1, -0.05) is 30.3 Å². The van der Waals surface area contributed by atoms with Crippen molar-refractivity contribution in [2.75, 3.05) is 5.32 Å². The Balaban J connectivity index is 1.89. The second kappa shape index (κ2) is 5.17. The summed E-state index contributed by atoms with van der Waals surface area (Å²) in [6.07, 6.45) is 1.68. The molecule has 0 spiro atoms. The SMILES string of the molecule is CCn1nccc1NC(=O)c1ccc2ccccc2c1. The van der Waals surface area contributed by atoms with Crippen LogP contribution >= 0.6 is 0 Å². The van der Waals surface area contributed by atoms with Crippen LogP contribution in [0.15, 0.2) is 54.7 Å². The van der Waals surface area contributed by atoms with E-state index in [1.165, 1.54) is 0 Å². The van der Waals surface area contributed by atoms with E-state index in [0.717, 1.165) is 17.3 Å². The van der Waals surface area contributed by atoms with E-state index in [-0.39, 0.29) is 5.91 Å². The summed E-state index contributed by atoms with van der Waals surface area (Å²) in [5.41, 5.74) is 0.646. The van der Waals surface area contributed by atoms with Crippen LogP contribution in [0, 0.1) is 0 Å². The lowest BCUT2D eigenvalue weighted by Gasteiger charge is -2.07. The van der Waals surface area contributed by atoms with Crippen LogP contribution in [0.25, 0.3) is 10.8 Å². The smallest absolute Gasteiger partial charge is 0.256 e. The molecule has 0 aliphatic heterocycles. The molecule has 1 N–H and O–H groups in total. The molecule has 100 valence electrons. The number of aryl methyl sites for hydroxylation is 1. The van der Waals surface area contributed by atoms with E-state index < -0.39 is 0 Å². The molecule has 0 saturated heterocycles. The lowest BCUT2D eigenvalue weighted by Crippen LogP contribution is -2.15. The summed E-state index contributed by atoms with van der Waals surface area (Å²) >= 11 is 0. The Kier molecular flexibility index (Phi) is 3.21. The third-order valence-corrected chi connectivity index (χ3v) is 3.27. The summed E-state index contributed by atoms with van der Waals surface area (Å²) in [6.45, 7) is 2.71. The number of aromatic nitrogens is 2. The van der Waals surface area contributed by atoms with Crippen molar-refractivity contribution in [1.29, 1.82) is 0 Å². The van der Waals surface area contributed by atoms with Gasteiger partial charge in [-0.3, -0.25) is 4.79 Å². The maximum absolute atomic E-state index is 12.3. The maximum atomic E-state index is 12.3. The molecule has 0 aliphatic rings. The van der Waals surface area contributed by atoms with Crippen molar-refractivity contribution >= 4 is 22.5 Å². The van der Waals surface area contributed by atoms with Crippen LogP contribution in [0.1, 0.15) is 17.3 Å². The number of benzene rings is 2. The Morgan fingerprint density at radius 1 is 1.15 bits per heavy atom. The van der Waals surface area contributed by atoms with E-state index in [2.05, 4.69) is 10.4 Å². The van der Waals surface area contributed by atoms with E-state index >= 15 is 0 Å². The number of carbonyl (C=O) groups excluding carboxylic acids is 1. The fraction of sp³-hybridized carbons (Fsp3) is 0.125. The standard InChI is InChI=1S/C16H15N3O/c1-2-19-15(9-10-17-19)18-16(20)14-8-7-12-5-3-4-6-13(12)11-14/h3-11H,2H2,1H3,(H,18,20). The minimum Gasteiger partial charge on any atom is -0.307 e. The first-order valence-corrected chi connectivity index (χ1v) is 6.60. The van der Waals surface area contributed by atoms with Crippen molar-refractivity contribution in [1.82, 2.24) is 9.78 Å². The monoisotopic (exact) mass is 265 g/mol. The minimum atomic E-state index is -0.119. The predicted octanol–water partition coefficient (Wildman–Crippen LogP) is 3.31. The van der Waals surface area contributed by atoms with Crippen LogP contribution < -0.4 is 5.32 Å². The normalized spacial score (nSPS) is 10.7. The minimum absolute atomic E-state index is 0.119. The van der Waals surface area contributed by atoms with Gasteiger partial charge in [0.2, 0.25) is 0 Å². The number of nitrogens with one attached hydrogen (secondary N) is 1. The summed E-state index contributed by atoms with van der Waals surface area (Å²) in [7, 11) is 0. The van der Waals surface area contributed by atoms with Crippen LogP contribution in [-0.2, 0) is 6.54 Å². The van der Waals surface area contributed by atoms with E-state index in [4.69, 9.17) is 0 Å². The zero-order valence-electron chi connectivity index (χ0n) is 11.2. The largest absolute Gasteiger partial charge is 0.307 e. The van der Waals surface area contributed by atoms with Crippen LogP contribution in [0.3, 0.4) is 0 Å².